The first-order chi connectivity index (χ1) is 18.3. The zero-order valence-electron chi connectivity index (χ0n) is 21.5. The third-order valence-corrected chi connectivity index (χ3v) is 9.19. The second-order valence-corrected chi connectivity index (χ2v) is 11.9. The zero-order valence-corrected chi connectivity index (χ0v) is 23.1. The van der Waals surface area contributed by atoms with Gasteiger partial charge in [-0.05, 0) is 79.4 Å². The maximum absolute atomic E-state index is 14.0. The van der Waals surface area contributed by atoms with Gasteiger partial charge >= 0.3 is 0 Å². The molecule has 3 aromatic carbocycles. The van der Waals surface area contributed by atoms with Crippen molar-refractivity contribution < 1.29 is 13.2 Å². The average molecular weight is 553 g/mol. The number of fused-ring (bicyclic) bond motifs is 1. The molecule has 2 N–H and O–H groups in total. The second kappa shape index (κ2) is 11.5. The fourth-order valence-electron chi connectivity index (χ4n) is 5.31. The van der Waals surface area contributed by atoms with Crippen molar-refractivity contribution in [1.82, 2.24) is 9.62 Å². The van der Waals surface area contributed by atoms with Crippen LogP contribution in [0.5, 0.6) is 0 Å². The van der Waals surface area contributed by atoms with Crippen LogP contribution in [-0.2, 0) is 16.4 Å². The first-order valence-electron chi connectivity index (χ1n) is 13.1. The molecule has 3 aromatic rings. The van der Waals surface area contributed by atoms with Crippen LogP contribution in [0.25, 0.3) is 0 Å². The van der Waals surface area contributed by atoms with Gasteiger partial charge in [0.05, 0.1) is 5.69 Å². The van der Waals surface area contributed by atoms with Gasteiger partial charge in [-0.3, -0.25) is 4.79 Å². The Morgan fingerprint density at radius 3 is 2.47 bits per heavy atom. The molecule has 1 aliphatic carbocycles. The van der Waals surface area contributed by atoms with Crippen LogP contribution in [0.4, 0.5) is 11.4 Å². The Labute approximate surface area is 229 Å². The minimum Gasteiger partial charge on any atom is -0.368 e. The number of likely N-dealkylation sites (N-methyl/N-ethyl adjacent to an activating group) is 1. The van der Waals surface area contributed by atoms with Crippen LogP contribution in [0.15, 0.2) is 71.6 Å². The van der Waals surface area contributed by atoms with E-state index in [4.69, 9.17) is 11.6 Å². The molecule has 9 heteroatoms. The van der Waals surface area contributed by atoms with E-state index in [0.717, 1.165) is 57.5 Å². The molecule has 1 saturated heterocycles. The summed E-state index contributed by atoms with van der Waals surface area (Å²) in [6.45, 7) is 6.31. The van der Waals surface area contributed by atoms with Crippen molar-refractivity contribution in [2.24, 2.45) is 0 Å². The van der Waals surface area contributed by atoms with E-state index in [2.05, 4.69) is 32.8 Å². The third-order valence-electron chi connectivity index (χ3n) is 7.44. The van der Waals surface area contributed by atoms with Crippen LogP contribution in [0, 0.1) is 0 Å². The Kier molecular flexibility index (Phi) is 8.04. The summed E-state index contributed by atoms with van der Waals surface area (Å²) in [6, 6.07) is 19.5. The fourth-order valence-corrected chi connectivity index (χ4v) is 6.93. The molecule has 1 heterocycles. The summed E-state index contributed by atoms with van der Waals surface area (Å²) in [4.78, 5) is 17.5. The maximum Gasteiger partial charge on any atom is 0.255 e. The van der Waals surface area contributed by atoms with Crippen LogP contribution in [0.1, 0.15) is 47.3 Å². The minimum absolute atomic E-state index is 0.180. The molecule has 0 saturated carbocycles. The van der Waals surface area contributed by atoms with Crippen molar-refractivity contribution in [3.05, 3.63) is 88.4 Å². The summed E-state index contributed by atoms with van der Waals surface area (Å²) < 4.78 is 30.9. The molecular formula is C29H33ClN4O3S. The summed E-state index contributed by atoms with van der Waals surface area (Å²) in [5.74, 6) is -0.330. The quantitative estimate of drug-likeness (QED) is 0.427. The number of carbonyl (C=O) groups is 1. The Balaban J connectivity index is 1.47. The van der Waals surface area contributed by atoms with Crippen molar-refractivity contribution >= 4 is 38.9 Å². The number of hydrogen-bond donors (Lipinski definition) is 2. The van der Waals surface area contributed by atoms with Gasteiger partial charge in [0, 0.05) is 48.5 Å². The standard InChI is InChI=1S/C29H33ClN4O3S/c1-2-33-16-18-34(19-17-33)27-15-14-24(31-29(35)22-10-12-23(30)13-11-22)20-28(27)38(36,37)32-26-9-5-7-21-6-3-4-8-25(21)26/h3-4,6,8,10-15,20,26,32H,2,5,7,9,16-19H2,1H3,(H,31,35)/t26-/m1/s1. The van der Waals surface area contributed by atoms with Gasteiger partial charge in [-0.25, -0.2) is 13.1 Å². The molecular weight excluding hydrogens is 520 g/mol. The fraction of sp³-hybridized carbons (Fsp3) is 0.345. The number of amides is 1. The van der Waals surface area contributed by atoms with E-state index in [-0.39, 0.29) is 16.8 Å². The van der Waals surface area contributed by atoms with Crippen LogP contribution >= 0.6 is 11.6 Å². The lowest BCUT2D eigenvalue weighted by Crippen LogP contribution is -2.46. The number of aryl methyl sites for hydroxylation is 1. The number of carbonyl (C=O) groups excluding carboxylic acids is 1. The minimum atomic E-state index is -3.90. The number of anilines is 2. The number of piperazine rings is 1. The van der Waals surface area contributed by atoms with Crippen LogP contribution < -0.4 is 14.9 Å². The third kappa shape index (κ3) is 5.89. The van der Waals surface area contributed by atoms with Gasteiger partial charge in [-0.15, -0.1) is 0 Å². The molecule has 7 nitrogen and oxygen atoms in total. The van der Waals surface area contributed by atoms with E-state index >= 15 is 0 Å². The van der Waals surface area contributed by atoms with Gasteiger partial charge in [-0.2, -0.15) is 0 Å². The van der Waals surface area contributed by atoms with E-state index in [1.54, 1.807) is 36.4 Å². The lowest BCUT2D eigenvalue weighted by molar-refractivity contribution is 0.102. The molecule has 200 valence electrons. The predicted molar refractivity (Wildman–Crippen MR) is 153 cm³/mol. The number of nitrogens with one attached hydrogen (secondary N) is 2. The van der Waals surface area contributed by atoms with Crippen LogP contribution in [0.3, 0.4) is 0 Å². The zero-order chi connectivity index (χ0) is 26.7. The Morgan fingerprint density at radius 1 is 1.00 bits per heavy atom. The average Bonchev–Trinajstić information content (AvgIpc) is 2.93. The number of rotatable bonds is 7. The predicted octanol–water partition coefficient (Wildman–Crippen LogP) is 5.09. The first-order valence-corrected chi connectivity index (χ1v) is 15.0. The number of halogens is 1. The van der Waals surface area contributed by atoms with Gasteiger partial charge in [-0.1, -0.05) is 42.8 Å². The Hall–Kier alpha value is -2.91. The second-order valence-electron chi connectivity index (χ2n) is 9.83. The number of nitrogens with zero attached hydrogens (tertiary/aromatic N) is 2. The van der Waals surface area contributed by atoms with Gasteiger partial charge in [0.25, 0.3) is 5.91 Å². The van der Waals surface area contributed by atoms with E-state index < -0.39 is 10.0 Å². The van der Waals surface area contributed by atoms with E-state index in [1.165, 1.54) is 5.56 Å². The number of benzene rings is 3. The van der Waals surface area contributed by atoms with Crippen molar-refractivity contribution in [3.8, 4) is 0 Å². The SMILES string of the molecule is CCN1CCN(c2ccc(NC(=O)c3ccc(Cl)cc3)cc2S(=O)(=O)N[C@@H]2CCCc3ccccc32)CC1. The highest BCUT2D eigenvalue weighted by Gasteiger charge is 2.30. The van der Waals surface area contributed by atoms with E-state index in [9.17, 15) is 13.2 Å². The summed E-state index contributed by atoms with van der Waals surface area (Å²) in [5, 5.41) is 3.39. The summed E-state index contributed by atoms with van der Waals surface area (Å²) in [7, 11) is -3.90. The van der Waals surface area contributed by atoms with Crippen molar-refractivity contribution in [1.29, 1.82) is 0 Å². The van der Waals surface area contributed by atoms with Crippen molar-refractivity contribution in [2.45, 2.75) is 37.1 Å². The number of hydrogen-bond acceptors (Lipinski definition) is 5. The lowest BCUT2D eigenvalue weighted by Gasteiger charge is -2.36. The molecule has 1 atom stereocenters. The van der Waals surface area contributed by atoms with Crippen LogP contribution in [-0.4, -0.2) is 51.9 Å². The molecule has 0 spiro atoms. The maximum atomic E-state index is 14.0. The van der Waals surface area contributed by atoms with Gasteiger partial charge in [0.15, 0.2) is 0 Å². The van der Waals surface area contributed by atoms with Crippen molar-refractivity contribution in [2.75, 3.05) is 42.9 Å². The van der Waals surface area contributed by atoms with Crippen LogP contribution in [0.2, 0.25) is 5.02 Å². The Bertz CT molecular complexity index is 1400. The lowest BCUT2D eigenvalue weighted by atomic mass is 9.88. The summed E-state index contributed by atoms with van der Waals surface area (Å²) >= 11 is 5.96. The molecule has 1 amide bonds. The topological polar surface area (TPSA) is 81.8 Å². The van der Waals surface area contributed by atoms with E-state index in [1.807, 2.05) is 24.3 Å². The van der Waals surface area contributed by atoms with Gasteiger partial charge < -0.3 is 15.1 Å². The smallest absolute Gasteiger partial charge is 0.255 e. The largest absolute Gasteiger partial charge is 0.368 e. The number of sulfonamides is 1. The molecule has 38 heavy (non-hydrogen) atoms. The van der Waals surface area contributed by atoms with E-state index in [0.29, 0.717) is 22.0 Å². The summed E-state index contributed by atoms with van der Waals surface area (Å²) in [5.41, 5.74) is 3.74. The molecule has 2 aliphatic rings. The van der Waals surface area contributed by atoms with Crippen molar-refractivity contribution in [3.63, 3.8) is 0 Å². The highest BCUT2D eigenvalue weighted by Crippen LogP contribution is 2.34. The van der Waals surface area contributed by atoms with Gasteiger partial charge in [0.2, 0.25) is 10.0 Å². The molecule has 1 aliphatic heterocycles. The summed E-state index contributed by atoms with van der Waals surface area (Å²) in [6.07, 6.45) is 2.62. The highest BCUT2D eigenvalue weighted by molar-refractivity contribution is 7.89. The monoisotopic (exact) mass is 552 g/mol. The first kappa shape index (κ1) is 26.7. The molecule has 0 aromatic heterocycles. The molecule has 0 bridgehead atoms. The highest BCUT2D eigenvalue weighted by atomic mass is 35.5. The van der Waals surface area contributed by atoms with Gasteiger partial charge in [0.1, 0.15) is 4.90 Å². The normalized spacial score (nSPS) is 18.2. The molecule has 1 fully saturated rings. The molecule has 0 unspecified atom stereocenters. The molecule has 5 rings (SSSR count). The Morgan fingerprint density at radius 2 is 1.74 bits per heavy atom. The molecule has 0 radical (unpaired) electrons.